The fraction of sp³-hybridized carbons (Fsp3) is 0.842. The number of aliphatic hydroxyl groups excluding tert-OH is 1. The highest BCUT2D eigenvalue weighted by Gasteiger charge is 2.59. The topological polar surface area (TPSA) is 37.3 Å². The zero-order chi connectivity index (χ0) is 14.7. The third kappa shape index (κ3) is 1.72. The molecule has 3 fully saturated rings. The lowest BCUT2D eigenvalue weighted by Crippen LogP contribution is -2.51. The smallest absolute Gasteiger partial charge is 0.141 e. The van der Waals surface area contributed by atoms with E-state index >= 15 is 0 Å². The summed E-state index contributed by atoms with van der Waals surface area (Å²) in [4.78, 5) is 12.4. The Morgan fingerprint density at radius 2 is 2.05 bits per heavy atom. The van der Waals surface area contributed by atoms with Crippen molar-refractivity contribution in [2.75, 3.05) is 6.61 Å². The van der Waals surface area contributed by atoms with E-state index in [2.05, 4.69) is 13.0 Å². The Balaban J connectivity index is 1.71. The predicted molar refractivity (Wildman–Crippen MR) is 82.7 cm³/mol. The van der Waals surface area contributed by atoms with Crippen molar-refractivity contribution in [2.24, 2.45) is 28.6 Å². The maximum Gasteiger partial charge on any atom is 0.141 e. The van der Waals surface area contributed by atoms with E-state index in [0.717, 1.165) is 31.6 Å². The van der Waals surface area contributed by atoms with E-state index in [0.29, 0.717) is 29.5 Å². The fourth-order valence-electron chi connectivity index (χ4n) is 6.57. The lowest BCUT2D eigenvalue weighted by atomic mass is 9.48. The average Bonchev–Trinajstić information content (AvgIpc) is 2.84. The molecule has 2 nitrogen and oxygen atoms in total. The van der Waals surface area contributed by atoms with Crippen LogP contribution in [0.15, 0.2) is 11.6 Å². The van der Waals surface area contributed by atoms with Crippen LogP contribution >= 0.6 is 0 Å². The highest BCUT2D eigenvalue weighted by atomic mass is 16.3. The van der Waals surface area contributed by atoms with Gasteiger partial charge < -0.3 is 5.11 Å². The number of Topliss-reactive ketones (excluding diaryl/α,β-unsaturated/α-hetero) is 1. The van der Waals surface area contributed by atoms with Gasteiger partial charge in [0.2, 0.25) is 0 Å². The molecule has 3 saturated carbocycles. The number of rotatable bonds is 1. The van der Waals surface area contributed by atoms with Crippen molar-refractivity contribution in [3.63, 3.8) is 0 Å². The van der Waals surface area contributed by atoms with Gasteiger partial charge in [0.25, 0.3) is 0 Å². The van der Waals surface area contributed by atoms with Gasteiger partial charge in [-0.15, -0.1) is 0 Å². The van der Waals surface area contributed by atoms with Gasteiger partial charge in [-0.05, 0) is 68.1 Å². The summed E-state index contributed by atoms with van der Waals surface area (Å²) < 4.78 is 0. The lowest BCUT2D eigenvalue weighted by molar-refractivity contribution is -0.137. The van der Waals surface area contributed by atoms with E-state index in [1.165, 1.54) is 25.7 Å². The fourth-order valence-corrected chi connectivity index (χ4v) is 6.57. The van der Waals surface area contributed by atoms with Gasteiger partial charge in [-0.1, -0.05) is 25.0 Å². The monoisotopic (exact) mass is 288 g/mol. The summed E-state index contributed by atoms with van der Waals surface area (Å²) in [6.07, 6.45) is 12.9. The van der Waals surface area contributed by atoms with Crippen molar-refractivity contribution >= 4 is 5.78 Å². The van der Waals surface area contributed by atoms with Crippen LogP contribution in [-0.2, 0) is 4.79 Å². The molecular weight excluding hydrogens is 260 g/mol. The first-order valence-electron chi connectivity index (χ1n) is 8.95. The quantitative estimate of drug-likeness (QED) is 0.743. The van der Waals surface area contributed by atoms with Gasteiger partial charge in [-0.25, -0.2) is 0 Å². The number of hydrogen-bond donors (Lipinski definition) is 1. The number of allylic oxidation sites excluding steroid dienone is 2. The van der Waals surface area contributed by atoms with Crippen LogP contribution in [0.5, 0.6) is 0 Å². The van der Waals surface area contributed by atoms with Gasteiger partial charge in [-0.3, -0.25) is 4.79 Å². The van der Waals surface area contributed by atoms with Crippen molar-refractivity contribution in [2.45, 2.75) is 64.7 Å². The molecule has 4 rings (SSSR count). The van der Waals surface area contributed by atoms with Crippen LogP contribution in [0.3, 0.4) is 0 Å². The number of hydrogen-bond acceptors (Lipinski definition) is 2. The van der Waals surface area contributed by atoms with E-state index < -0.39 is 0 Å². The Bertz CT molecular complexity index is 494. The minimum Gasteiger partial charge on any atom is -0.395 e. The molecule has 4 aliphatic rings. The molecule has 0 heterocycles. The molecule has 0 amide bonds. The van der Waals surface area contributed by atoms with Gasteiger partial charge in [0, 0.05) is 6.42 Å². The highest BCUT2D eigenvalue weighted by molar-refractivity contribution is 5.87. The second-order valence-electron chi connectivity index (χ2n) is 8.28. The predicted octanol–water partition coefficient (Wildman–Crippen LogP) is 3.88. The molecule has 0 radical (unpaired) electrons. The molecule has 0 aliphatic heterocycles. The van der Waals surface area contributed by atoms with Crippen LogP contribution in [0.25, 0.3) is 0 Å². The minimum absolute atomic E-state index is 0.0903. The lowest BCUT2D eigenvalue weighted by Gasteiger charge is -2.56. The van der Waals surface area contributed by atoms with Crippen LogP contribution in [0, 0.1) is 28.6 Å². The summed E-state index contributed by atoms with van der Waals surface area (Å²) in [5.41, 5.74) is 1.75. The molecule has 0 aromatic carbocycles. The molecule has 1 N–H and O–H groups in total. The Morgan fingerprint density at radius 3 is 2.86 bits per heavy atom. The zero-order valence-electron chi connectivity index (χ0n) is 13.2. The van der Waals surface area contributed by atoms with Gasteiger partial charge >= 0.3 is 0 Å². The molecule has 0 unspecified atom stereocenters. The molecule has 5 atom stereocenters. The van der Waals surface area contributed by atoms with Gasteiger partial charge in [0.05, 0.1) is 12.0 Å². The van der Waals surface area contributed by atoms with E-state index in [9.17, 15) is 9.90 Å². The van der Waals surface area contributed by atoms with E-state index in [4.69, 9.17) is 0 Å². The van der Waals surface area contributed by atoms with Gasteiger partial charge in [0.1, 0.15) is 5.78 Å². The highest BCUT2D eigenvalue weighted by Crippen LogP contribution is 2.63. The number of aliphatic hydroxyl groups is 1. The third-order valence-electron chi connectivity index (χ3n) is 7.75. The molecule has 2 heteroatoms. The normalized spacial score (nSPS) is 49.1. The van der Waals surface area contributed by atoms with Gasteiger partial charge in [-0.2, -0.15) is 0 Å². The molecule has 0 bridgehead atoms. The first-order chi connectivity index (χ1) is 10.1. The van der Waals surface area contributed by atoms with Crippen LogP contribution in [0.1, 0.15) is 64.7 Å². The second kappa shape index (κ2) is 4.68. The van der Waals surface area contributed by atoms with Crippen molar-refractivity contribution < 1.29 is 9.90 Å². The first-order valence-corrected chi connectivity index (χ1v) is 8.95. The number of fused-ring (bicyclic) bond motifs is 5. The average molecular weight is 288 g/mol. The van der Waals surface area contributed by atoms with Crippen molar-refractivity contribution in [3.05, 3.63) is 11.6 Å². The van der Waals surface area contributed by atoms with Crippen LogP contribution < -0.4 is 0 Å². The van der Waals surface area contributed by atoms with E-state index in [1.54, 1.807) is 5.57 Å². The summed E-state index contributed by atoms with van der Waals surface area (Å²) in [7, 11) is 0. The minimum atomic E-state index is -0.364. The van der Waals surface area contributed by atoms with E-state index in [1.807, 2.05) is 0 Å². The summed E-state index contributed by atoms with van der Waals surface area (Å²) in [6.45, 7) is 2.59. The summed E-state index contributed by atoms with van der Waals surface area (Å²) in [6, 6.07) is 0. The molecule has 0 saturated heterocycles. The standard InChI is InChI=1S/C19H28O2/c1-18-10-3-2-4-13(18)5-6-14-15(18)9-11-19(12-20)16(14)7-8-17(19)21/h5,14-16,20H,2-4,6-12H2,1H3/t14-,15+,16+,18+,19+/m1/s1. The number of ketones is 1. The summed E-state index contributed by atoms with van der Waals surface area (Å²) in [5, 5.41) is 9.97. The molecule has 4 aliphatic carbocycles. The maximum absolute atomic E-state index is 12.4. The summed E-state index contributed by atoms with van der Waals surface area (Å²) >= 11 is 0. The second-order valence-corrected chi connectivity index (χ2v) is 8.28. The maximum atomic E-state index is 12.4. The zero-order valence-corrected chi connectivity index (χ0v) is 13.2. The first kappa shape index (κ1) is 14.0. The van der Waals surface area contributed by atoms with Crippen LogP contribution in [-0.4, -0.2) is 17.5 Å². The van der Waals surface area contributed by atoms with Crippen LogP contribution in [0.4, 0.5) is 0 Å². The molecule has 0 spiro atoms. The Kier molecular flexibility index (Phi) is 3.12. The number of carbonyl (C=O) groups excluding carboxylic acids is 1. The molecule has 116 valence electrons. The Morgan fingerprint density at radius 1 is 1.19 bits per heavy atom. The largest absolute Gasteiger partial charge is 0.395 e. The Labute approximate surface area is 128 Å². The third-order valence-corrected chi connectivity index (χ3v) is 7.75. The molecule has 0 aromatic heterocycles. The van der Waals surface area contributed by atoms with Gasteiger partial charge in [0.15, 0.2) is 0 Å². The SMILES string of the molecule is C[C@]12CCCCC1=CC[C@H]1[C@@H]3CCC(=O)[C@]3(CO)CC[C@@H]12. The Hall–Kier alpha value is -0.630. The van der Waals surface area contributed by atoms with Crippen LogP contribution in [0.2, 0.25) is 0 Å². The molecule has 0 aromatic rings. The van der Waals surface area contributed by atoms with Crippen molar-refractivity contribution in [1.82, 2.24) is 0 Å². The molecular formula is C19H28O2. The number of carbonyl (C=O) groups is 1. The summed E-state index contributed by atoms with van der Waals surface area (Å²) in [5.74, 6) is 2.21. The molecule has 21 heavy (non-hydrogen) atoms. The van der Waals surface area contributed by atoms with Crippen molar-refractivity contribution in [3.8, 4) is 0 Å². The van der Waals surface area contributed by atoms with Crippen molar-refractivity contribution in [1.29, 1.82) is 0 Å². The van der Waals surface area contributed by atoms with E-state index in [-0.39, 0.29) is 12.0 Å².